The second-order valence-corrected chi connectivity index (χ2v) is 7.79. The summed E-state index contributed by atoms with van der Waals surface area (Å²) < 4.78 is 10.9. The lowest BCUT2D eigenvalue weighted by Gasteiger charge is -2.39. The van der Waals surface area contributed by atoms with Gasteiger partial charge in [0.05, 0.1) is 6.10 Å². The van der Waals surface area contributed by atoms with Gasteiger partial charge in [-0.05, 0) is 25.3 Å². The number of rotatable bonds is 5. The van der Waals surface area contributed by atoms with E-state index in [0.29, 0.717) is 0 Å². The van der Waals surface area contributed by atoms with Gasteiger partial charge in [0.25, 0.3) is 0 Å². The molecule has 1 aliphatic heterocycles. The van der Waals surface area contributed by atoms with Crippen molar-refractivity contribution in [1.82, 2.24) is 0 Å². The number of aliphatic hydroxyl groups excluding tert-OH is 1. The lowest BCUT2D eigenvalue weighted by molar-refractivity contribution is -0.198. The molecule has 2 N–H and O–H groups in total. The van der Waals surface area contributed by atoms with E-state index < -0.39 is 53.5 Å². The predicted octanol–water partition coefficient (Wildman–Crippen LogP) is 1.32. The van der Waals surface area contributed by atoms with E-state index in [1.165, 1.54) is 19.1 Å². The van der Waals surface area contributed by atoms with E-state index in [1.54, 1.807) is 6.92 Å². The summed E-state index contributed by atoms with van der Waals surface area (Å²) >= 11 is 0. The molecule has 150 valence electrons. The summed E-state index contributed by atoms with van der Waals surface area (Å²) in [5.41, 5.74) is -2.10. The molecule has 0 radical (unpaired) electrons. The van der Waals surface area contributed by atoms with Crippen LogP contribution in [0.1, 0.15) is 40.5 Å². The van der Waals surface area contributed by atoms with Gasteiger partial charge in [0.1, 0.15) is 6.10 Å². The average molecular weight is 380 g/mol. The Morgan fingerprint density at radius 1 is 1.44 bits per heavy atom. The quantitative estimate of drug-likeness (QED) is 0.547. The summed E-state index contributed by atoms with van der Waals surface area (Å²) in [5.74, 6) is -3.61. The van der Waals surface area contributed by atoms with E-state index in [1.807, 2.05) is 13.8 Å². The first-order valence-electron chi connectivity index (χ1n) is 9.20. The second kappa shape index (κ2) is 7.94. The summed E-state index contributed by atoms with van der Waals surface area (Å²) in [6.45, 7) is 10.5. The molecule has 1 saturated carbocycles. The monoisotopic (exact) mass is 380 g/mol. The van der Waals surface area contributed by atoms with Gasteiger partial charge < -0.3 is 19.7 Å². The van der Waals surface area contributed by atoms with Crippen LogP contribution in [0.25, 0.3) is 0 Å². The molecule has 0 aromatic carbocycles. The maximum absolute atomic E-state index is 12.8. The number of carbonyl (C=O) groups is 3. The fourth-order valence-electron chi connectivity index (χ4n) is 3.78. The molecule has 27 heavy (non-hydrogen) atoms. The first-order chi connectivity index (χ1) is 12.5. The third-order valence-corrected chi connectivity index (χ3v) is 5.39. The Morgan fingerprint density at radius 3 is 2.63 bits per heavy atom. The largest absolute Gasteiger partial charge is 0.455 e. The van der Waals surface area contributed by atoms with Crippen LogP contribution < -0.4 is 0 Å². The van der Waals surface area contributed by atoms with Crippen molar-refractivity contribution in [2.24, 2.45) is 17.8 Å². The molecule has 6 unspecified atom stereocenters. The van der Waals surface area contributed by atoms with Gasteiger partial charge in [-0.1, -0.05) is 33.4 Å². The molecular weight excluding hydrogens is 352 g/mol. The van der Waals surface area contributed by atoms with Gasteiger partial charge in [0.15, 0.2) is 17.5 Å². The van der Waals surface area contributed by atoms with Crippen molar-refractivity contribution in [2.75, 3.05) is 0 Å². The summed E-state index contributed by atoms with van der Waals surface area (Å²) in [5, 5.41) is 22.0. The van der Waals surface area contributed by atoms with Crippen LogP contribution in [0.2, 0.25) is 0 Å². The van der Waals surface area contributed by atoms with Crippen molar-refractivity contribution in [1.29, 1.82) is 0 Å². The third kappa shape index (κ3) is 3.84. The van der Waals surface area contributed by atoms with Crippen molar-refractivity contribution < 1.29 is 34.1 Å². The Kier molecular flexibility index (Phi) is 6.27. The molecule has 7 heteroatoms. The van der Waals surface area contributed by atoms with Crippen LogP contribution in [0, 0.1) is 17.8 Å². The number of esters is 2. The molecule has 2 fully saturated rings. The molecular formula is C20H28O7. The van der Waals surface area contributed by atoms with Crippen molar-refractivity contribution in [3.8, 4) is 0 Å². The number of aliphatic hydroxyl groups is 2. The Balaban J connectivity index is 2.54. The SMILES string of the molecule is C=C1C(=O)OC2C1CC(O)C(C)C(O)(C(=O)C=CC)C2OC(=O)CC(C)C. The average Bonchev–Trinajstić information content (AvgIpc) is 2.82. The van der Waals surface area contributed by atoms with Gasteiger partial charge in [-0.25, -0.2) is 4.79 Å². The van der Waals surface area contributed by atoms with Gasteiger partial charge in [0, 0.05) is 23.8 Å². The normalized spacial score (nSPS) is 36.5. The Hall–Kier alpha value is -1.99. The third-order valence-electron chi connectivity index (χ3n) is 5.39. The predicted molar refractivity (Wildman–Crippen MR) is 96.4 cm³/mol. The van der Waals surface area contributed by atoms with Crippen LogP contribution in [0.4, 0.5) is 0 Å². The summed E-state index contributed by atoms with van der Waals surface area (Å²) in [6.07, 6.45) is -0.870. The molecule has 0 bridgehead atoms. The highest BCUT2D eigenvalue weighted by atomic mass is 16.6. The van der Waals surface area contributed by atoms with Crippen molar-refractivity contribution in [3.05, 3.63) is 24.3 Å². The molecule has 1 heterocycles. The number of ether oxygens (including phenoxy) is 2. The first kappa shape index (κ1) is 21.3. The Morgan fingerprint density at radius 2 is 2.07 bits per heavy atom. The lowest BCUT2D eigenvalue weighted by atomic mass is 9.77. The van der Waals surface area contributed by atoms with E-state index in [4.69, 9.17) is 9.47 Å². The molecule has 2 aliphatic rings. The molecule has 0 spiro atoms. The fourth-order valence-corrected chi connectivity index (χ4v) is 3.78. The van der Waals surface area contributed by atoms with E-state index in [9.17, 15) is 24.6 Å². The zero-order valence-corrected chi connectivity index (χ0v) is 16.2. The van der Waals surface area contributed by atoms with Crippen LogP contribution in [0.5, 0.6) is 0 Å². The zero-order chi connectivity index (χ0) is 20.5. The van der Waals surface area contributed by atoms with E-state index >= 15 is 0 Å². The number of ketones is 1. The molecule has 0 amide bonds. The molecule has 0 aromatic heterocycles. The van der Waals surface area contributed by atoms with E-state index in [2.05, 4.69) is 6.58 Å². The maximum atomic E-state index is 12.8. The summed E-state index contributed by atoms with van der Waals surface area (Å²) in [4.78, 5) is 37.2. The number of fused-ring (bicyclic) bond motifs is 1. The van der Waals surface area contributed by atoms with Crippen molar-refractivity contribution >= 4 is 17.7 Å². The molecule has 1 saturated heterocycles. The number of hydrogen-bond acceptors (Lipinski definition) is 7. The number of carbonyl (C=O) groups excluding carboxylic acids is 3. The van der Waals surface area contributed by atoms with Crippen LogP contribution in [-0.4, -0.2) is 51.8 Å². The second-order valence-electron chi connectivity index (χ2n) is 7.79. The lowest BCUT2D eigenvalue weighted by Crippen LogP contribution is -2.61. The highest BCUT2D eigenvalue weighted by Gasteiger charge is 2.62. The molecule has 2 rings (SSSR count). The van der Waals surface area contributed by atoms with Crippen LogP contribution in [0.3, 0.4) is 0 Å². The molecule has 7 nitrogen and oxygen atoms in total. The highest BCUT2D eigenvalue weighted by Crippen LogP contribution is 2.45. The van der Waals surface area contributed by atoms with Crippen molar-refractivity contribution in [3.63, 3.8) is 0 Å². The van der Waals surface area contributed by atoms with Crippen LogP contribution >= 0.6 is 0 Å². The summed E-state index contributed by atoms with van der Waals surface area (Å²) in [6, 6.07) is 0. The van der Waals surface area contributed by atoms with Crippen LogP contribution in [0.15, 0.2) is 24.3 Å². The standard InChI is InChI=1S/C20H28O7/c1-6-7-15(22)20(25)12(5)14(21)9-13-11(4)19(24)27-17(13)18(20)26-16(23)8-10(2)3/h6-7,10,12-14,17-18,21,25H,4,8-9H2,1-3,5H3. The van der Waals surface area contributed by atoms with Gasteiger partial charge in [-0.3, -0.25) is 9.59 Å². The van der Waals surface area contributed by atoms with Gasteiger partial charge >= 0.3 is 11.9 Å². The smallest absolute Gasteiger partial charge is 0.334 e. The number of allylic oxidation sites excluding steroid dienone is 1. The highest BCUT2D eigenvalue weighted by molar-refractivity contribution is 5.98. The number of hydrogen-bond donors (Lipinski definition) is 2. The van der Waals surface area contributed by atoms with Crippen LogP contribution in [-0.2, 0) is 23.9 Å². The van der Waals surface area contributed by atoms with E-state index in [-0.39, 0.29) is 24.3 Å². The fraction of sp³-hybridized carbons (Fsp3) is 0.650. The molecule has 1 aliphatic carbocycles. The van der Waals surface area contributed by atoms with Gasteiger partial charge in [-0.15, -0.1) is 0 Å². The maximum Gasteiger partial charge on any atom is 0.334 e. The minimum atomic E-state index is -2.23. The zero-order valence-electron chi connectivity index (χ0n) is 16.2. The minimum absolute atomic E-state index is 0.00233. The molecule has 0 aromatic rings. The van der Waals surface area contributed by atoms with Crippen molar-refractivity contribution in [2.45, 2.75) is 64.4 Å². The van der Waals surface area contributed by atoms with Gasteiger partial charge in [0.2, 0.25) is 0 Å². The Bertz CT molecular complexity index is 665. The molecule has 6 atom stereocenters. The minimum Gasteiger partial charge on any atom is -0.455 e. The topological polar surface area (TPSA) is 110 Å². The van der Waals surface area contributed by atoms with Gasteiger partial charge in [-0.2, -0.15) is 0 Å². The first-order valence-corrected chi connectivity index (χ1v) is 9.20. The summed E-state index contributed by atoms with van der Waals surface area (Å²) in [7, 11) is 0. The van der Waals surface area contributed by atoms with E-state index in [0.717, 1.165) is 0 Å². The Labute approximate surface area is 159 Å².